The highest BCUT2D eigenvalue weighted by atomic mass is 35.5. The Morgan fingerprint density at radius 2 is 2.00 bits per heavy atom. The Balaban J connectivity index is 2.35. The SMILES string of the molecule is CN(CCOCCc1cc([N+](=O)[O-])ccc1Cl)C(=O)OC(C)(C)C. The fourth-order valence-electron chi connectivity index (χ4n) is 1.78. The van der Waals surface area contributed by atoms with E-state index in [9.17, 15) is 14.9 Å². The Morgan fingerprint density at radius 3 is 2.58 bits per heavy atom. The van der Waals surface area contributed by atoms with Gasteiger partial charge in [-0.2, -0.15) is 0 Å². The summed E-state index contributed by atoms with van der Waals surface area (Å²) in [6.45, 7) is 6.48. The zero-order valence-corrected chi connectivity index (χ0v) is 15.1. The van der Waals surface area contributed by atoms with Crippen molar-refractivity contribution in [2.24, 2.45) is 0 Å². The number of halogens is 1. The Kier molecular flexibility index (Phi) is 7.44. The molecule has 0 saturated heterocycles. The van der Waals surface area contributed by atoms with Crippen LogP contribution in [-0.4, -0.2) is 48.3 Å². The summed E-state index contributed by atoms with van der Waals surface area (Å²) in [4.78, 5) is 23.5. The van der Waals surface area contributed by atoms with Crippen LogP contribution in [0.5, 0.6) is 0 Å². The monoisotopic (exact) mass is 358 g/mol. The molecular formula is C16H23ClN2O5. The molecule has 0 N–H and O–H groups in total. The third-order valence-corrected chi connectivity index (χ3v) is 3.40. The van der Waals surface area contributed by atoms with Gasteiger partial charge in [-0.3, -0.25) is 10.1 Å². The molecule has 134 valence electrons. The highest BCUT2D eigenvalue weighted by Crippen LogP contribution is 2.22. The number of amides is 1. The maximum atomic E-state index is 11.8. The summed E-state index contributed by atoms with van der Waals surface area (Å²) in [5.41, 5.74) is 0.121. The minimum absolute atomic E-state index is 0.000871. The molecule has 0 aromatic heterocycles. The van der Waals surface area contributed by atoms with E-state index < -0.39 is 16.6 Å². The van der Waals surface area contributed by atoms with Crippen LogP contribution >= 0.6 is 11.6 Å². The summed E-state index contributed by atoms with van der Waals surface area (Å²) in [6.07, 6.45) is 0.0456. The number of likely N-dealkylation sites (N-methyl/N-ethyl adjacent to an activating group) is 1. The van der Waals surface area contributed by atoms with Crippen molar-refractivity contribution in [1.29, 1.82) is 0 Å². The summed E-state index contributed by atoms with van der Waals surface area (Å²) in [5.74, 6) is 0. The van der Waals surface area contributed by atoms with Gasteiger partial charge in [-0.25, -0.2) is 4.79 Å². The van der Waals surface area contributed by atoms with Crippen LogP contribution in [0.2, 0.25) is 5.02 Å². The van der Waals surface area contributed by atoms with Crippen molar-refractivity contribution < 1.29 is 19.2 Å². The molecule has 8 heteroatoms. The number of benzene rings is 1. The van der Waals surface area contributed by atoms with Gasteiger partial charge in [0.2, 0.25) is 0 Å². The topological polar surface area (TPSA) is 81.9 Å². The zero-order valence-electron chi connectivity index (χ0n) is 14.4. The molecule has 0 heterocycles. The third-order valence-electron chi connectivity index (χ3n) is 3.03. The average molecular weight is 359 g/mol. The molecule has 1 aromatic carbocycles. The van der Waals surface area contributed by atoms with E-state index in [0.29, 0.717) is 36.8 Å². The van der Waals surface area contributed by atoms with E-state index in [1.807, 2.05) is 0 Å². The first-order chi connectivity index (χ1) is 11.1. The largest absolute Gasteiger partial charge is 0.444 e. The van der Waals surface area contributed by atoms with Crippen LogP contribution in [-0.2, 0) is 15.9 Å². The summed E-state index contributed by atoms with van der Waals surface area (Å²) >= 11 is 6.02. The second-order valence-electron chi connectivity index (χ2n) is 6.30. The molecule has 0 saturated carbocycles. The minimum atomic E-state index is -0.537. The number of rotatable bonds is 7. The summed E-state index contributed by atoms with van der Waals surface area (Å²) in [6, 6.07) is 4.31. The van der Waals surface area contributed by atoms with Gasteiger partial charge in [-0.1, -0.05) is 11.6 Å². The molecule has 0 bridgehead atoms. The van der Waals surface area contributed by atoms with Crippen molar-refractivity contribution in [3.63, 3.8) is 0 Å². The fraction of sp³-hybridized carbons (Fsp3) is 0.562. The van der Waals surface area contributed by atoms with Gasteiger partial charge in [0.05, 0.1) is 18.1 Å². The lowest BCUT2D eigenvalue weighted by Gasteiger charge is -2.24. The third kappa shape index (κ3) is 7.14. The molecule has 24 heavy (non-hydrogen) atoms. The van der Waals surface area contributed by atoms with Gasteiger partial charge >= 0.3 is 6.09 Å². The molecule has 0 atom stereocenters. The molecule has 7 nitrogen and oxygen atoms in total. The number of non-ortho nitro benzene ring substituents is 1. The standard InChI is InChI=1S/C16H23ClN2O5/c1-16(2,3)24-15(20)18(4)8-10-23-9-7-12-11-13(19(21)22)5-6-14(12)17/h5-6,11H,7-10H2,1-4H3. The van der Waals surface area contributed by atoms with E-state index in [1.165, 1.54) is 23.1 Å². The second-order valence-corrected chi connectivity index (χ2v) is 6.70. The van der Waals surface area contributed by atoms with Gasteiger partial charge in [0, 0.05) is 30.7 Å². The summed E-state index contributed by atoms with van der Waals surface area (Å²) in [5, 5.41) is 11.2. The van der Waals surface area contributed by atoms with Gasteiger partial charge in [-0.15, -0.1) is 0 Å². The van der Waals surface area contributed by atoms with E-state index in [-0.39, 0.29) is 5.69 Å². The van der Waals surface area contributed by atoms with Crippen LogP contribution in [0.4, 0.5) is 10.5 Å². The second kappa shape index (κ2) is 8.84. The van der Waals surface area contributed by atoms with Crippen molar-refractivity contribution in [3.8, 4) is 0 Å². The highest BCUT2D eigenvalue weighted by Gasteiger charge is 2.19. The number of carbonyl (C=O) groups excluding carboxylic acids is 1. The molecule has 0 aliphatic rings. The lowest BCUT2D eigenvalue weighted by molar-refractivity contribution is -0.384. The number of nitro groups is 1. The predicted molar refractivity (Wildman–Crippen MR) is 91.5 cm³/mol. The first-order valence-corrected chi connectivity index (χ1v) is 7.92. The maximum Gasteiger partial charge on any atom is 0.410 e. The van der Waals surface area contributed by atoms with Crippen LogP contribution in [0.3, 0.4) is 0 Å². The summed E-state index contributed by atoms with van der Waals surface area (Å²) < 4.78 is 10.7. The molecule has 1 aromatic rings. The lowest BCUT2D eigenvalue weighted by Crippen LogP contribution is -2.36. The van der Waals surface area contributed by atoms with Crippen molar-refractivity contribution in [3.05, 3.63) is 38.9 Å². The van der Waals surface area contributed by atoms with Gasteiger partial charge in [0.1, 0.15) is 5.60 Å². The van der Waals surface area contributed by atoms with Crippen LogP contribution in [0.25, 0.3) is 0 Å². The van der Waals surface area contributed by atoms with E-state index in [2.05, 4.69) is 0 Å². The normalized spacial score (nSPS) is 11.2. The Morgan fingerprint density at radius 1 is 1.33 bits per heavy atom. The van der Waals surface area contributed by atoms with Gasteiger partial charge in [-0.05, 0) is 38.8 Å². The van der Waals surface area contributed by atoms with E-state index in [1.54, 1.807) is 27.8 Å². The molecular weight excluding hydrogens is 336 g/mol. The Bertz CT molecular complexity index is 586. The van der Waals surface area contributed by atoms with Crippen LogP contribution in [0.1, 0.15) is 26.3 Å². The fourth-order valence-corrected chi connectivity index (χ4v) is 2.00. The van der Waals surface area contributed by atoms with Crippen LogP contribution in [0.15, 0.2) is 18.2 Å². The smallest absolute Gasteiger partial charge is 0.410 e. The van der Waals surface area contributed by atoms with Crippen molar-refractivity contribution >= 4 is 23.4 Å². The minimum Gasteiger partial charge on any atom is -0.444 e. The molecule has 0 aliphatic heterocycles. The number of nitro benzene ring substituents is 1. The van der Waals surface area contributed by atoms with E-state index in [4.69, 9.17) is 21.1 Å². The van der Waals surface area contributed by atoms with E-state index >= 15 is 0 Å². The molecule has 0 radical (unpaired) electrons. The molecule has 1 rings (SSSR count). The number of hydrogen-bond donors (Lipinski definition) is 0. The predicted octanol–water partition coefficient (Wildman–Crippen LogP) is 3.67. The number of nitrogens with zero attached hydrogens (tertiary/aromatic N) is 2. The van der Waals surface area contributed by atoms with E-state index in [0.717, 1.165) is 0 Å². The molecule has 0 unspecified atom stereocenters. The highest BCUT2D eigenvalue weighted by molar-refractivity contribution is 6.31. The molecule has 0 aliphatic carbocycles. The number of carbonyl (C=O) groups is 1. The lowest BCUT2D eigenvalue weighted by atomic mass is 10.1. The Hall–Kier alpha value is -1.86. The molecule has 0 fully saturated rings. The Labute approximate surface area is 146 Å². The zero-order chi connectivity index (χ0) is 18.3. The maximum absolute atomic E-state index is 11.8. The van der Waals surface area contributed by atoms with Gasteiger partial charge in [0.25, 0.3) is 5.69 Å². The van der Waals surface area contributed by atoms with Crippen LogP contribution in [0, 0.1) is 10.1 Å². The van der Waals surface area contributed by atoms with Crippen LogP contribution < -0.4 is 0 Å². The number of ether oxygens (including phenoxy) is 2. The average Bonchev–Trinajstić information content (AvgIpc) is 2.46. The number of hydrogen-bond acceptors (Lipinski definition) is 5. The molecule has 1 amide bonds. The summed E-state index contributed by atoms with van der Waals surface area (Å²) in [7, 11) is 1.63. The van der Waals surface area contributed by atoms with Gasteiger partial charge < -0.3 is 14.4 Å². The van der Waals surface area contributed by atoms with Gasteiger partial charge in [0.15, 0.2) is 0 Å². The first kappa shape index (κ1) is 20.2. The van der Waals surface area contributed by atoms with Crippen molar-refractivity contribution in [1.82, 2.24) is 4.90 Å². The molecule has 0 spiro atoms. The van der Waals surface area contributed by atoms with Crippen molar-refractivity contribution in [2.45, 2.75) is 32.8 Å². The first-order valence-electron chi connectivity index (χ1n) is 7.55. The van der Waals surface area contributed by atoms with Crippen molar-refractivity contribution in [2.75, 3.05) is 26.8 Å². The quantitative estimate of drug-likeness (QED) is 0.422.